The molecule has 0 heterocycles. The predicted molar refractivity (Wildman–Crippen MR) is 65.8 cm³/mol. The molecule has 0 bridgehead atoms. The second-order valence-electron chi connectivity index (χ2n) is 3.39. The summed E-state index contributed by atoms with van der Waals surface area (Å²) in [6.45, 7) is 1.35. The van der Waals surface area contributed by atoms with Gasteiger partial charge in [0.05, 0.1) is 0 Å². The normalized spacial score (nSPS) is 10.2. The molecule has 14 heteroatoms. The first-order valence-corrected chi connectivity index (χ1v) is 11.2. The molecule has 1 aromatic carbocycles. The number of non-ortho nitro benzene ring substituents is 1. The molecule has 0 atom stereocenters. The molecule has 0 aliphatic rings. The number of benzene rings is 1. The Morgan fingerprint density at radius 1 is 1.14 bits per heavy atom. The van der Waals surface area contributed by atoms with Crippen molar-refractivity contribution in [2.24, 2.45) is 0 Å². The average Bonchev–Trinajstić information content (AvgIpc) is 2.38. The van der Waals surface area contributed by atoms with Gasteiger partial charge in [0.25, 0.3) is 0 Å². The van der Waals surface area contributed by atoms with E-state index in [4.69, 9.17) is 3.32 Å². The number of hydrogen-bond acceptors (Lipinski definition) is 9. The summed E-state index contributed by atoms with van der Waals surface area (Å²) >= 11 is -3.94. The summed E-state index contributed by atoms with van der Waals surface area (Å²) in [5.74, 6) is -0.314. The van der Waals surface area contributed by atoms with Crippen molar-refractivity contribution in [3.05, 3.63) is 48.0 Å². The van der Waals surface area contributed by atoms with Gasteiger partial charge in [-0.3, -0.25) is 0 Å². The Hall–Kier alpha value is -1.18. The number of nitro groups is 2. The van der Waals surface area contributed by atoms with Gasteiger partial charge >= 0.3 is 143 Å². The van der Waals surface area contributed by atoms with E-state index < -0.39 is 50.4 Å². The molecule has 0 aromatic heterocycles. The van der Waals surface area contributed by atoms with E-state index in [2.05, 4.69) is 2.79 Å². The summed E-state index contributed by atoms with van der Waals surface area (Å²) in [7, 11) is 0. The summed E-state index contributed by atoms with van der Waals surface area (Å²) in [4.78, 5) is 30.3. The minimum absolute atomic E-state index is 0.0871. The molecule has 0 spiro atoms. The Kier molecular flexibility index (Phi) is 6.58. The van der Waals surface area contributed by atoms with Crippen LogP contribution in [0.3, 0.4) is 0 Å². The molecule has 0 N–H and O–H groups in total. The van der Waals surface area contributed by atoms with Crippen LogP contribution >= 0.6 is 0 Å². The molecule has 1 rings (SSSR count). The Morgan fingerprint density at radius 2 is 1.76 bits per heavy atom. The zero-order valence-corrected chi connectivity index (χ0v) is 17.9. The fourth-order valence-electron chi connectivity index (χ4n) is 1.31. The van der Waals surface area contributed by atoms with Crippen molar-refractivity contribution in [1.29, 1.82) is 0 Å². The standard InChI is InChI=1S/C7H6N2O5.NO3.O.2Pb/c1-4-2-5(8(11)12)3-6(7(4)10)9(13)14;2-1(3)4;;;/h2-3,10H,1H3;;;;/q;-1;;;+2/p-1. The molecular weight excluding hydrogens is 684 g/mol. The van der Waals surface area contributed by atoms with Crippen molar-refractivity contribution >= 4 is 61.7 Å². The Morgan fingerprint density at radius 3 is 2.19 bits per heavy atom. The summed E-state index contributed by atoms with van der Waals surface area (Å²) in [5, 5.41) is 30.8. The van der Waals surface area contributed by atoms with E-state index in [1.165, 1.54) is 6.92 Å². The van der Waals surface area contributed by atoms with Crippen molar-refractivity contribution in [2.75, 3.05) is 0 Å². The second kappa shape index (κ2) is 7.72. The molecule has 0 fully saturated rings. The molecule has 0 amide bonds. The predicted octanol–water partition coefficient (Wildman–Crippen LogP) is 0.484. The van der Waals surface area contributed by atoms with Gasteiger partial charge in [-0.1, -0.05) is 0 Å². The van der Waals surface area contributed by atoms with Crippen LogP contribution in [0.25, 0.3) is 0 Å². The van der Waals surface area contributed by atoms with Crippen LogP contribution in [0.15, 0.2) is 12.1 Å². The molecule has 21 heavy (non-hydrogen) atoms. The maximum absolute atomic E-state index is 11.0. The van der Waals surface area contributed by atoms with Gasteiger partial charge in [0.2, 0.25) is 0 Å². The van der Waals surface area contributed by atoms with Crippen LogP contribution in [0.4, 0.5) is 11.4 Å². The third-order valence-corrected chi connectivity index (χ3v) is 11.0. The van der Waals surface area contributed by atoms with Crippen molar-refractivity contribution in [2.45, 2.75) is 6.92 Å². The Labute approximate surface area is 142 Å². The van der Waals surface area contributed by atoms with Gasteiger partial charge in [-0.15, -0.1) is 0 Å². The van der Waals surface area contributed by atoms with E-state index in [-0.39, 0.29) is 37.5 Å². The number of aryl methyl sites for hydroxylation is 1. The van der Waals surface area contributed by atoms with Crippen molar-refractivity contribution < 1.29 is 21.0 Å². The van der Waals surface area contributed by atoms with Crippen LogP contribution < -0.4 is 2.69 Å². The molecule has 4 radical (unpaired) electrons. The van der Waals surface area contributed by atoms with Crippen LogP contribution in [0.5, 0.6) is 5.75 Å². The first kappa shape index (κ1) is 17.9. The first-order valence-electron chi connectivity index (χ1n) is 4.90. The number of nitro benzene ring substituents is 2. The summed E-state index contributed by atoms with van der Waals surface area (Å²) < 4.78 is 14.2. The molecule has 0 saturated carbocycles. The van der Waals surface area contributed by atoms with Gasteiger partial charge in [-0.2, -0.15) is 0 Å². The van der Waals surface area contributed by atoms with Crippen LogP contribution in [0, 0.1) is 37.3 Å². The first-order chi connectivity index (χ1) is 9.76. The SMILES string of the molecule is Cc1cc([N+](=O)[O-])cc([N+](=O)[O-])c1[O][Pb]([O][Pb])[O][N+](=O)[O-]. The zero-order valence-electron chi connectivity index (χ0n) is 10.2. The summed E-state index contributed by atoms with van der Waals surface area (Å²) in [6, 6.07) is 1.77. The quantitative estimate of drug-likeness (QED) is 0.226. The van der Waals surface area contributed by atoms with Crippen molar-refractivity contribution in [3.8, 4) is 5.75 Å². The third-order valence-electron chi connectivity index (χ3n) is 2.07. The van der Waals surface area contributed by atoms with E-state index in [0.717, 1.165) is 6.07 Å². The Balaban J connectivity index is 3.24. The molecule has 1 aromatic rings. The monoisotopic (exact) mass is 691 g/mol. The van der Waals surface area contributed by atoms with E-state index in [1.807, 2.05) is 0 Å². The van der Waals surface area contributed by atoms with E-state index in [1.54, 1.807) is 0 Å². The number of hydrogen-bond donors (Lipinski definition) is 0. The molecule has 0 saturated heterocycles. The van der Waals surface area contributed by atoms with Crippen LogP contribution in [0.1, 0.15) is 5.56 Å². The molecular formula is C7H5N3O9Pb2. The van der Waals surface area contributed by atoms with E-state index in [9.17, 15) is 30.3 Å². The third kappa shape index (κ3) is 4.95. The van der Waals surface area contributed by atoms with Gasteiger partial charge in [0, 0.05) is 0 Å². The van der Waals surface area contributed by atoms with Gasteiger partial charge in [0.15, 0.2) is 0 Å². The minimum atomic E-state index is -4.03. The fourth-order valence-corrected chi connectivity index (χ4v) is 6.61. The van der Waals surface area contributed by atoms with E-state index in [0.29, 0.717) is 6.07 Å². The number of rotatable bonds is 7. The molecule has 110 valence electrons. The van der Waals surface area contributed by atoms with Gasteiger partial charge in [-0.25, -0.2) is 0 Å². The topological polar surface area (TPSA) is 157 Å². The number of nitrogens with zero attached hydrogens (tertiary/aromatic N) is 3. The van der Waals surface area contributed by atoms with Crippen LogP contribution in [-0.2, 0) is 3.43 Å². The second-order valence-corrected chi connectivity index (χ2v) is 14.6. The van der Waals surface area contributed by atoms with Crippen LogP contribution in [-0.4, -0.2) is 65.2 Å². The van der Waals surface area contributed by atoms with Crippen molar-refractivity contribution in [1.82, 2.24) is 0 Å². The van der Waals surface area contributed by atoms with Crippen molar-refractivity contribution in [3.63, 3.8) is 0 Å². The van der Waals surface area contributed by atoms with Gasteiger partial charge in [0.1, 0.15) is 0 Å². The molecule has 0 aliphatic heterocycles. The summed E-state index contributed by atoms with van der Waals surface area (Å²) in [5.41, 5.74) is -1.07. The van der Waals surface area contributed by atoms with Gasteiger partial charge < -0.3 is 0 Å². The Bertz CT molecular complexity index is 595. The van der Waals surface area contributed by atoms with E-state index >= 15 is 0 Å². The fraction of sp³-hybridized carbons (Fsp3) is 0.143. The zero-order chi connectivity index (χ0) is 16.2. The molecule has 0 unspecified atom stereocenters. The molecule has 0 aliphatic carbocycles. The average molecular weight is 690 g/mol. The summed E-state index contributed by atoms with van der Waals surface area (Å²) in [6.07, 6.45) is 0. The van der Waals surface area contributed by atoms with Gasteiger partial charge in [-0.05, 0) is 0 Å². The molecule has 12 nitrogen and oxygen atoms in total. The maximum atomic E-state index is 11.0. The van der Waals surface area contributed by atoms with Crippen LogP contribution in [0.2, 0.25) is 0 Å².